The summed E-state index contributed by atoms with van der Waals surface area (Å²) in [6.07, 6.45) is 2.58. The summed E-state index contributed by atoms with van der Waals surface area (Å²) in [7, 11) is 0. The first-order chi connectivity index (χ1) is 13.9. The third-order valence-corrected chi connectivity index (χ3v) is 4.73. The summed E-state index contributed by atoms with van der Waals surface area (Å²) in [5.74, 6) is -0.761. The van der Waals surface area contributed by atoms with E-state index in [-0.39, 0.29) is 11.7 Å². The number of halogens is 1. The molecule has 0 spiro atoms. The summed E-state index contributed by atoms with van der Waals surface area (Å²) in [5, 5.41) is 21.5. The van der Waals surface area contributed by atoms with Gasteiger partial charge in [0.25, 0.3) is 5.91 Å². The fourth-order valence-electron chi connectivity index (χ4n) is 2.76. The van der Waals surface area contributed by atoms with Crippen LogP contribution in [0.2, 0.25) is 0 Å². The normalized spacial score (nSPS) is 12.9. The van der Waals surface area contributed by atoms with Gasteiger partial charge in [0, 0.05) is 21.8 Å². The molecule has 7 nitrogen and oxygen atoms in total. The van der Waals surface area contributed by atoms with Gasteiger partial charge in [-0.05, 0) is 49.1 Å². The fraction of sp³-hybridized carbons (Fsp3) is 0.238. The highest BCUT2D eigenvalue weighted by molar-refractivity contribution is 9.10. The first kappa shape index (κ1) is 22.4. The van der Waals surface area contributed by atoms with Gasteiger partial charge >= 0.3 is 6.09 Å². The van der Waals surface area contributed by atoms with Crippen molar-refractivity contribution in [3.8, 4) is 5.75 Å². The maximum Gasteiger partial charge on any atom is 0.412 e. The van der Waals surface area contributed by atoms with Crippen LogP contribution >= 0.6 is 15.9 Å². The van der Waals surface area contributed by atoms with Crippen LogP contribution in [-0.2, 0) is 9.53 Å². The molecular weight excluding hydrogens is 440 g/mol. The Balaban J connectivity index is 2.14. The minimum absolute atomic E-state index is 0.0211. The van der Waals surface area contributed by atoms with E-state index in [0.717, 1.165) is 4.47 Å². The second-order valence-electron chi connectivity index (χ2n) is 6.45. The number of rotatable bonds is 8. The van der Waals surface area contributed by atoms with Gasteiger partial charge in [0.05, 0.1) is 0 Å². The molecule has 4 N–H and O–H groups in total. The molecule has 2 rings (SSSR count). The zero-order chi connectivity index (χ0) is 21.2. The third-order valence-electron chi connectivity index (χ3n) is 4.24. The second-order valence-corrected chi connectivity index (χ2v) is 7.37. The van der Waals surface area contributed by atoms with Crippen LogP contribution in [0.3, 0.4) is 0 Å². The van der Waals surface area contributed by atoms with Crippen LogP contribution in [0.4, 0.5) is 10.5 Å². The number of carbonyl (C=O) groups excluding carboxylic acids is 2. The molecule has 0 radical (unpaired) electrons. The van der Waals surface area contributed by atoms with Gasteiger partial charge in [-0.1, -0.05) is 47.1 Å². The summed E-state index contributed by atoms with van der Waals surface area (Å²) in [6.45, 7) is 1.89. The zero-order valence-corrected chi connectivity index (χ0v) is 17.4. The number of phenolic OH excluding ortho intramolecular Hbond substituents is 1. The van der Waals surface area contributed by atoms with E-state index in [1.807, 2.05) is 13.0 Å². The van der Waals surface area contributed by atoms with Gasteiger partial charge in [0.2, 0.25) is 0 Å². The van der Waals surface area contributed by atoms with Crippen molar-refractivity contribution in [3.63, 3.8) is 0 Å². The largest absolute Gasteiger partial charge is 0.508 e. The van der Waals surface area contributed by atoms with Crippen molar-refractivity contribution in [3.05, 3.63) is 70.7 Å². The standard InChI is InChI=1S/C21H23BrN2O5/c1-14(7-5-6-10-19(26)24-28)20(17-13-15(22)11-12-18(17)25)29-21(27)23-16-8-3-2-4-9-16/h2-4,6,8-14,20,25,28H,5,7H2,1H3,(H,23,27)(H,24,26)/b10-6+/t14-,20+/m0/s1. The zero-order valence-electron chi connectivity index (χ0n) is 15.8. The van der Waals surface area contributed by atoms with Gasteiger partial charge < -0.3 is 9.84 Å². The monoisotopic (exact) mass is 462 g/mol. The molecular formula is C21H23BrN2O5. The minimum Gasteiger partial charge on any atom is -0.508 e. The highest BCUT2D eigenvalue weighted by Crippen LogP contribution is 2.36. The third kappa shape index (κ3) is 7.24. The van der Waals surface area contributed by atoms with Gasteiger partial charge in [-0.3, -0.25) is 15.3 Å². The van der Waals surface area contributed by atoms with Crippen molar-refractivity contribution in [1.82, 2.24) is 5.48 Å². The molecule has 0 saturated heterocycles. The van der Waals surface area contributed by atoms with Gasteiger partial charge in [-0.25, -0.2) is 10.3 Å². The first-order valence-electron chi connectivity index (χ1n) is 9.02. The molecule has 0 heterocycles. The van der Waals surface area contributed by atoms with Crippen molar-refractivity contribution in [1.29, 1.82) is 0 Å². The Morgan fingerprint density at radius 3 is 2.62 bits per heavy atom. The number of phenols is 1. The minimum atomic E-state index is -0.712. The molecule has 0 fully saturated rings. The molecule has 0 aromatic heterocycles. The average Bonchev–Trinajstić information content (AvgIpc) is 2.71. The van der Waals surface area contributed by atoms with Crippen molar-refractivity contribution in [2.75, 3.05) is 5.32 Å². The lowest BCUT2D eigenvalue weighted by molar-refractivity contribution is -0.124. The van der Waals surface area contributed by atoms with Crippen molar-refractivity contribution in [2.24, 2.45) is 5.92 Å². The summed E-state index contributed by atoms with van der Waals surface area (Å²) >= 11 is 3.37. The van der Waals surface area contributed by atoms with Crippen molar-refractivity contribution < 1.29 is 24.6 Å². The molecule has 0 aliphatic rings. The number of nitrogens with one attached hydrogen (secondary N) is 2. The summed E-state index contributed by atoms with van der Waals surface area (Å²) in [4.78, 5) is 23.5. The number of hydroxylamine groups is 1. The Morgan fingerprint density at radius 1 is 1.21 bits per heavy atom. The van der Waals surface area contributed by atoms with E-state index in [2.05, 4.69) is 21.2 Å². The van der Waals surface area contributed by atoms with Crippen LogP contribution in [0, 0.1) is 5.92 Å². The summed E-state index contributed by atoms with van der Waals surface area (Å²) in [5.41, 5.74) is 2.60. The van der Waals surface area contributed by atoms with Crippen molar-refractivity contribution >= 4 is 33.6 Å². The van der Waals surface area contributed by atoms with E-state index in [0.29, 0.717) is 24.1 Å². The Hall–Kier alpha value is -2.84. The average molecular weight is 463 g/mol. The van der Waals surface area contributed by atoms with Crippen LogP contribution < -0.4 is 10.8 Å². The van der Waals surface area contributed by atoms with E-state index in [4.69, 9.17) is 9.94 Å². The molecule has 2 amide bonds. The number of carbonyl (C=O) groups is 2. The highest BCUT2D eigenvalue weighted by Gasteiger charge is 2.26. The molecule has 154 valence electrons. The maximum absolute atomic E-state index is 12.4. The number of para-hydroxylation sites is 1. The van der Waals surface area contributed by atoms with Gasteiger partial charge in [0.15, 0.2) is 0 Å². The van der Waals surface area contributed by atoms with E-state index < -0.39 is 18.1 Å². The van der Waals surface area contributed by atoms with Gasteiger partial charge in [-0.2, -0.15) is 0 Å². The van der Waals surface area contributed by atoms with E-state index in [1.165, 1.54) is 17.6 Å². The number of hydrogen-bond donors (Lipinski definition) is 4. The number of allylic oxidation sites excluding steroid dienone is 1. The van der Waals surface area contributed by atoms with Gasteiger partial charge in [0.1, 0.15) is 11.9 Å². The number of ether oxygens (including phenoxy) is 1. The molecule has 2 aromatic rings. The lowest BCUT2D eigenvalue weighted by Gasteiger charge is -2.25. The second kappa shape index (κ2) is 11.2. The van der Waals surface area contributed by atoms with Crippen LogP contribution in [0.15, 0.2) is 65.2 Å². The number of hydrogen-bond acceptors (Lipinski definition) is 5. The molecule has 0 unspecified atom stereocenters. The molecule has 0 aliphatic carbocycles. The molecule has 2 atom stereocenters. The molecule has 0 bridgehead atoms. The lowest BCUT2D eigenvalue weighted by atomic mass is 9.92. The quantitative estimate of drug-likeness (QED) is 0.253. The maximum atomic E-state index is 12.4. The fourth-order valence-corrected chi connectivity index (χ4v) is 3.14. The van der Waals surface area contributed by atoms with Gasteiger partial charge in [-0.15, -0.1) is 0 Å². The Morgan fingerprint density at radius 2 is 1.93 bits per heavy atom. The highest BCUT2D eigenvalue weighted by atomic mass is 79.9. The van der Waals surface area contributed by atoms with E-state index >= 15 is 0 Å². The summed E-state index contributed by atoms with van der Waals surface area (Å²) in [6, 6.07) is 13.9. The van der Waals surface area contributed by atoms with Crippen LogP contribution in [-0.4, -0.2) is 22.3 Å². The van der Waals surface area contributed by atoms with E-state index in [1.54, 1.807) is 42.5 Å². The van der Waals surface area contributed by atoms with Crippen LogP contribution in [0.5, 0.6) is 5.75 Å². The predicted octanol–water partition coefficient (Wildman–Crippen LogP) is 4.92. The molecule has 2 aromatic carbocycles. The van der Waals surface area contributed by atoms with Crippen LogP contribution in [0.25, 0.3) is 0 Å². The molecule has 0 saturated carbocycles. The van der Waals surface area contributed by atoms with Crippen molar-refractivity contribution in [2.45, 2.75) is 25.9 Å². The Bertz CT molecular complexity index is 857. The lowest BCUT2D eigenvalue weighted by Crippen LogP contribution is -2.22. The molecule has 0 aliphatic heterocycles. The van der Waals surface area contributed by atoms with Crippen LogP contribution in [0.1, 0.15) is 31.4 Å². The summed E-state index contributed by atoms with van der Waals surface area (Å²) < 4.78 is 6.41. The first-order valence-corrected chi connectivity index (χ1v) is 9.81. The Kier molecular flexibility index (Phi) is 8.69. The smallest absolute Gasteiger partial charge is 0.412 e. The number of anilines is 1. The number of aromatic hydroxyl groups is 1. The topological polar surface area (TPSA) is 108 Å². The predicted molar refractivity (Wildman–Crippen MR) is 113 cm³/mol. The number of amides is 2. The molecule has 8 heteroatoms. The number of benzene rings is 2. The molecule has 29 heavy (non-hydrogen) atoms. The van der Waals surface area contributed by atoms with E-state index in [9.17, 15) is 14.7 Å². The SMILES string of the molecule is C[C@@H](CC/C=C/C(=O)NO)[C@@H](OC(=O)Nc1ccccc1)c1cc(Br)ccc1O. The Labute approximate surface area is 177 Å².